The first-order valence-corrected chi connectivity index (χ1v) is 6.30. The smallest absolute Gasteiger partial charge is 0.411 e. The number of aromatic nitrogens is 2. The van der Waals surface area contributed by atoms with Gasteiger partial charge in [0.1, 0.15) is 5.82 Å². The Hall–Kier alpha value is -2.63. The number of hydrogen-bond donors (Lipinski definition) is 2. The first kappa shape index (κ1) is 13.8. The molecule has 0 atom stereocenters. The summed E-state index contributed by atoms with van der Waals surface area (Å²) in [5.41, 5.74) is 1.72. The van der Waals surface area contributed by atoms with Gasteiger partial charge in [0.05, 0.1) is 18.5 Å². The summed E-state index contributed by atoms with van der Waals surface area (Å²) in [4.78, 5) is 19.4. The van der Waals surface area contributed by atoms with Crippen LogP contribution in [0.15, 0.2) is 42.9 Å². The van der Waals surface area contributed by atoms with Gasteiger partial charge in [0, 0.05) is 18.9 Å². The van der Waals surface area contributed by atoms with E-state index < -0.39 is 6.09 Å². The second-order valence-corrected chi connectivity index (χ2v) is 3.99. The average molecular weight is 272 g/mol. The second kappa shape index (κ2) is 7.08. The molecule has 0 spiro atoms. The summed E-state index contributed by atoms with van der Waals surface area (Å²) in [6, 6.07) is 7.43. The van der Waals surface area contributed by atoms with E-state index in [2.05, 4.69) is 20.6 Å². The van der Waals surface area contributed by atoms with Crippen molar-refractivity contribution in [3.8, 4) is 0 Å². The summed E-state index contributed by atoms with van der Waals surface area (Å²) in [7, 11) is 0. The lowest BCUT2D eigenvalue weighted by Crippen LogP contribution is -2.13. The Morgan fingerprint density at radius 1 is 1.25 bits per heavy atom. The van der Waals surface area contributed by atoms with Crippen molar-refractivity contribution in [2.24, 2.45) is 0 Å². The highest BCUT2D eigenvalue weighted by molar-refractivity contribution is 5.84. The van der Waals surface area contributed by atoms with Crippen LogP contribution in [-0.2, 0) is 11.3 Å². The van der Waals surface area contributed by atoms with E-state index in [1.54, 1.807) is 37.6 Å². The van der Waals surface area contributed by atoms with Gasteiger partial charge in [-0.2, -0.15) is 0 Å². The van der Waals surface area contributed by atoms with E-state index in [1.807, 2.05) is 12.1 Å². The summed E-state index contributed by atoms with van der Waals surface area (Å²) in [6.07, 6.45) is 4.59. The van der Waals surface area contributed by atoms with Gasteiger partial charge in [0.2, 0.25) is 0 Å². The highest BCUT2D eigenvalue weighted by Crippen LogP contribution is 2.11. The van der Waals surface area contributed by atoms with E-state index in [0.717, 1.165) is 11.4 Å². The van der Waals surface area contributed by atoms with Crippen molar-refractivity contribution in [1.29, 1.82) is 0 Å². The van der Waals surface area contributed by atoms with E-state index in [1.165, 1.54) is 0 Å². The molecule has 2 aromatic heterocycles. The molecule has 0 fully saturated rings. The molecule has 2 aromatic rings. The van der Waals surface area contributed by atoms with Gasteiger partial charge >= 0.3 is 6.09 Å². The third-order valence-electron chi connectivity index (χ3n) is 2.51. The fraction of sp³-hybridized carbons (Fsp3) is 0.214. The van der Waals surface area contributed by atoms with E-state index in [0.29, 0.717) is 18.8 Å². The van der Waals surface area contributed by atoms with E-state index in [-0.39, 0.29) is 0 Å². The molecule has 0 bridgehead atoms. The highest BCUT2D eigenvalue weighted by atomic mass is 16.5. The summed E-state index contributed by atoms with van der Waals surface area (Å²) < 4.78 is 4.78. The maximum atomic E-state index is 11.2. The molecular weight excluding hydrogens is 256 g/mol. The monoisotopic (exact) mass is 272 g/mol. The van der Waals surface area contributed by atoms with Crippen LogP contribution in [0.2, 0.25) is 0 Å². The van der Waals surface area contributed by atoms with Crippen LogP contribution < -0.4 is 10.6 Å². The standard InChI is InChI=1S/C14H16N4O2/c1-2-20-14(19)18-12-3-4-13(17-10-12)16-9-11-5-7-15-8-6-11/h3-8,10H,2,9H2,1H3,(H,16,17)(H,18,19). The lowest BCUT2D eigenvalue weighted by molar-refractivity contribution is 0.168. The van der Waals surface area contributed by atoms with Gasteiger partial charge in [-0.3, -0.25) is 10.3 Å². The van der Waals surface area contributed by atoms with Gasteiger partial charge in [-0.15, -0.1) is 0 Å². The number of carbonyl (C=O) groups excluding carboxylic acids is 1. The molecule has 0 aliphatic rings. The summed E-state index contributed by atoms with van der Waals surface area (Å²) in [5, 5.41) is 5.77. The molecule has 0 radical (unpaired) electrons. The first-order chi connectivity index (χ1) is 9.78. The third kappa shape index (κ3) is 4.24. The van der Waals surface area contributed by atoms with Crippen molar-refractivity contribution in [2.75, 3.05) is 17.2 Å². The average Bonchev–Trinajstić information content (AvgIpc) is 2.48. The Balaban J connectivity index is 1.87. The molecule has 2 N–H and O–H groups in total. The van der Waals surface area contributed by atoms with Crippen molar-refractivity contribution < 1.29 is 9.53 Å². The topological polar surface area (TPSA) is 76.1 Å². The molecule has 0 unspecified atom stereocenters. The molecule has 0 saturated heterocycles. The van der Waals surface area contributed by atoms with Crippen LogP contribution in [0.4, 0.5) is 16.3 Å². The fourth-order valence-corrected chi connectivity index (χ4v) is 1.55. The van der Waals surface area contributed by atoms with Crippen LogP contribution in [0.3, 0.4) is 0 Å². The maximum Gasteiger partial charge on any atom is 0.411 e. The molecule has 0 saturated carbocycles. The number of pyridine rings is 2. The van der Waals surface area contributed by atoms with Gasteiger partial charge in [0.15, 0.2) is 0 Å². The Labute approximate surface area is 117 Å². The maximum absolute atomic E-state index is 11.2. The normalized spacial score (nSPS) is 9.85. The minimum Gasteiger partial charge on any atom is -0.450 e. The fourth-order valence-electron chi connectivity index (χ4n) is 1.55. The Morgan fingerprint density at radius 2 is 2.05 bits per heavy atom. The number of anilines is 2. The lowest BCUT2D eigenvalue weighted by atomic mass is 10.3. The predicted molar refractivity (Wildman–Crippen MR) is 76.4 cm³/mol. The minimum absolute atomic E-state index is 0.338. The molecule has 2 heterocycles. The molecule has 0 aliphatic carbocycles. The predicted octanol–water partition coefficient (Wildman–Crippen LogP) is 2.66. The quantitative estimate of drug-likeness (QED) is 0.875. The van der Waals surface area contributed by atoms with Crippen molar-refractivity contribution >= 4 is 17.6 Å². The number of hydrogen-bond acceptors (Lipinski definition) is 5. The second-order valence-electron chi connectivity index (χ2n) is 3.99. The Kier molecular flexibility index (Phi) is 4.88. The molecule has 0 aromatic carbocycles. The molecule has 6 nitrogen and oxygen atoms in total. The number of amides is 1. The van der Waals surface area contributed by atoms with Gasteiger partial charge in [-0.1, -0.05) is 0 Å². The van der Waals surface area contributed by atoms with E-state index >= 15 is 0 Å². The SMILES string of the molecule is CCOC(=O)Nc1ccc(NCc2ccncc2)nc1. The molecule has 20 heavy (non-hydrogen) atoms. The largest absolute Gasteiger partial charge is 0.450 e. The third-order valence-corrected chi connectivity index (χ3v) is 2.51. The van der Waals surface area contributed by atoms with Crippen LogP contribution in [0.25, 0.3) is 0 Å². The van der Waals surface area contributed by atoms with Crippen LogP contribution in [0.1, 0.15) is 12.5 Å². The van der Waals surface area contributed by atoms with Crippen LogP contribution in [0.5, 0.6) is 0 Å². The molecule has 6 heteroatoms. The zero-order valence-corrected chi connectivity index (χ0v) is 11.2. The van der Waals surface area contributed by atoms with Gasteiger partial charge in [0.25, 0.3) is 0 Å². The van der Waals surface area contributed by atoms with Crippen molar-refractivity contribution in [1.82, 2.24) is 9.97 Å². The number of nitrogens with one attached hydrogen (secondary N) is 2. The molecular formula is C14H16N4O2. The zero-order chi connectivity index (χ0) is 14.2. The minimum atomic E-state index is -0.480. The number of nitrogens with zero attached hydrogens (tertiary/aromatic N) is 2. The van der Waals surface area contributed by atoms with Crippen LogP contribution >= 0.6 is 0 Å². The van der Waals surface area contributed by atoms with Crippen molar-refractivity contribution in [3.63, 3.8) is 0 Å². The number of carbonyl (C=O) groups is 1. The van der Waals surface area contributed by atoms with Crippen LogP contribution in [0, 0.1) is 0 Å². The molecule has 104 valence electrons. The lowest BCUT2D eigenvalue weighted by Gasteiger charge is -2.07. The first-order valence-electron chi connectivity index (χ1n) is 6.30. The van der Waals surface area contributed by atoms with Gasteiger partial charge < -0.3 is 10.1 Å². The zero-order valence-electron chi connectivity index (χ0n) is 11.2. The van der Waals surface area contributed by atoms with Crippen molar-refractivity contribution in [3.05, 3.63) is 48.4 Å². The summed E-state index contributed by atoms with van der Waals surface area (Å²) >= 11 is 0. The van der Waals surface area contributed by atoms with E-state index in [9.17, 15) is 4.79 Å². The Bertz CT molecular complexity index is 543. The molecule has 2 rings (SSSR count). The molecule has 1 amide bonds. The van der Waals surface area contributed by atoms with Crippen molar-refractivity contribution in [2.45, 2.75) is 13.5 Å². The summed E-state index contributed by atoms with van der Waals surface area (Å²) in [6.45, 7) is 2.76. The Morgan fingerprint density at radius 3 is 2.70 bits per heavy atom. The highest BCUT2D eigenvalue weighted by Gasteiger charge is 2.02. The van der Waals surface area contributed by atoms with Gasteiger partial charge in [-0.25, -0.2) is 9.78 Å². The number of ether oxygens (including phenoxy) is 1. The van der Waals surface area contributed by atoms with Crippen LogP contribution in [-0.4, -0.2) is 22.7 Å². The van der Waals surface area contributed by atoms with Gasteiger partial charge in [-0.05, 0) is 36.8 Å². The molecule has 0 aliphatic heterocycles. The van der Waals surface area contributed by atoms with E-state index in [4.69, 9.17) is 4.74 Å². The summed E-state index contributed by atoms with van der Waals surface area (Å²) in [5.74, 6) is 0.733. The number of rotatable bonds is 5.